The number of nitrogens with zero attached hydrogens (tertiary/aromatic N) is 6. The zero-order valence-electron chi connectivity index (χ0n) is 32.3. The standard InChI is InChI=1S/C44H48N6O5Si/c1-30-42(56(3,4)36-20-18-35(54-2)19-21-36)40(24-26-48-29-33(25-27-51)45-47-48)55-44(30)37-12-8-9-13-39(37)49(43(44)53)28-31-14-16-34(17-15-31)50-41(52)23-22-38(46-50)32-10-6-5-7-11-32/h5-21,29-30,40,42,51H,22-28H2,1-4H3/t30-,40+,42-,44+/m0/s1. The number of rotatable bonds is 12. The highest BCUT2D eigenvalue weighted by molar-refractivity contribution is 6.91. The van der Waals surface area contributed by atoms with Crippen molar-refractivity contribution >= 4 is 42.2 Å². The van der Waals surface area contributed by atoms with E-state index in [1.807, 2.05) is 101 Å². The van der Waals surface area contributed by atoms with Crippen LogP contribution in [-0.2, 0) is 39.4 Å². The van der Waals surface area contributed by atoms with Gasteiger partial charge in [-0.05, 0) is 53.4 Å². The second-order valence-corrected chi connectivity index (χ2v) is 20.3. The summed E-state index contributed by atoms with van der Waals surface area (Å²) >= 11 is 0. The maximum atomic E-state index is 15.2. The Balaban J connectivity index is 1.10. The van der Waals surface area contributed by atoms with Gasteiger partial charge in [-0.1, -0.05) is 103 Å². The van der Waals surface area contributed by atoms with E-state index in [9.17, 15) is 9.90 Å². The van der Waals surface area contributed by atoms with Crippen molar-refractivity contribution in [3.63, 3.8) is 0 Å². The van der Waals surface area contributed by atoms with E-state index in [1.165, 1.54) is 10.2 Å². The molecule has 1 saturated heterocycles. The third kappa shape index (κ3) is 6.65. The summed E-state index contributed by atoms with van der Waals surface area (Å²) in [5.41, 5.74) is 4.91. The topological polar surface area (TPSA) is 122 Å². The minimum atomic E-state index is -2.32. The van der Waals surface area contributed by atoms with Crippen molar-refractivity contribution in [1.82, 2.24) is 15.0 Å². The summed E-state index contributed by atoms with van der Waals surface area (Å²) in [5.74, 6) is 0.564. The lowest BCUT2D eigenvalue weighted by Crippen LogP contribution is -2.51. The van der Waals surface area contributed by atoms with Crippen LogP contribution in [-0.4, -0.2) is 65.5 Å². The lowest BCUT2D eigenvalue weighted by Gasteiger charge is -2.37. The first-order chi connectivity index (χ1) is 27.1. The monoisotopic (exact) mass is 768 g/mol. The minimum Gasteiger partial charge on any atom is -0.497 e. The molecule has 0 saturated carbocycles. The van der Waals surface area contributed by atoms with Crippen LogP contribution in [0.3, 0.4) is 0 Å². The maximum absolute atomic E-state index is 15.2. The Morgan fingerprint density at radius 2 is 1.66 bits per heavy atom. The number of aromatic nitrogens is 3. The van der Waals surface area contributed by atoms with E-state index in [0.717, 1.165) is 39.5 Å². The average molecular weight is 769 g/mol. The molecular formula is C44H48N6O5Si. The molecule has 288 valence electrons. The third-order valence-electron chi connectivity index (χ3n) is 12.0. The van der Waals surface area contributed by atoms with E-state index in [2.05, 4.69) is 48.5 Å². The number of aryl methyl sites for hydroxylation is 1. The van der Waals surface area contributed by atoms with Gasteiger partial charge in [-0.15, -0.1) is 5.10 Å². The zero-order chi connectivity index (χ0) is 39.0. The summed E-state index contributed by atoms with van der Waals surface area (Å²) in [6.45, 7) is 7.89. The predicted molar refractivity (Wildman–Crippen MR) is 219 cm³/mol. The number of aliphatic hydroxyl groups excluding tert-OH is 1. The summed E-state index contributed by atoms with van der Waals surface area (Å²) in [6.07, 6.45) is 3.72. The number of hydrazone groups is 1. The number of hydrogen-bond acceptors (Lipinski definition) is 8. The Labute approximate surface area is 328 Å². The van der Waals surface area contributed by atoms with Gasteiger partial charge in [-0.25, -0.2) is 5.01 Å². The molecule has 0 aliphatic carbocycles. The summed E-state index contributed by atoms with van der Waals surface area (Å²) in [7, 11) is -0.646. The molecule has 4 heterocycles. The van der Waals surface area contributed by atoms with Crippen LogP contribution in [0.1, 0.15) is 48.6 Å². The fourth-order valence-corrected chi connectivity index (χ4v) is 13.2. The highest BCUT2D eigenvalue weighted by Crippen LogP contribution is 2.60. The Morgan fingerprint density at radius 1 is 0.929 bits per heavy atom. The maximum Gasteiger partial charge on any atom is 0.264 e. The molecule has 2 amide bonds. The van der Waals surface area contributed by atoms with E-state index in [1.54, 1.807) is 7.11 Å². The number of fused-ring (bicyclic) bond motifs is 2. The number of methoxy groups -OCH3 is 1. The molecule has 12 heteroatoms. The molecule has 56 heavy (non-hydrogen) atoms. The van der Waals surface area contributed by atoms with Gasteiger partial charge >= 0.3 is 0 Å². The molecule has 11 nitrogen and oxygen atoms in total. The Morgan fingerprint density at radius 3 is 2.39 bits per heavy atom. The number of aliphatic hydroxyl groups is 1. The van der Waals surface area contributed by atoms with E-state index in [-0.39, 0.29) is 36.0 Å². The number of para-hydroxylation sites is 1. The Bertz CT molecular complexity index is 2240. The number of anilines is 2. The van der Waals surface area contributed by atoms with Gasteiger partial charge in [0.2, 0.25) is 5.91 Å². The van der Waals surface area contributed by atoms with Crippen LogP contribution >= 0.6 is 0 Å². The van der Waals surface area contributed by atoms with Gasteiger partial charge in [0.1, 0.15) is 5.75 Å². The van der Waals surface area contributed by atoms with Crippen LogP contribution < -0.4 is 19.8 Å². The first kappa shape index (κ1) is 37.5. The second-order valence-electron chi connectivity index (χ2n) is 15.6. The number of amides is 2. The SMILES string of the molecule is COc1ccc([Si](C)(C)[C@@H]2[C@@H](CCn3cc(CCO)nn3)O[C@]3(C(=O)N(Cc4ccc(N5N=C(c6ccccc6)CCC5=O)cc4)c4ccccc43)[C@H]2C)cc1. The van der Waals surface area contributed by atoms with E-state index >= 15 is 4.79 Å². The van der Waals surface area contributed by atoms with Crippen molar-refractivity contribution in [2.45, 2.75) is 76.0 Å². The molecule has 4 atom stereocenters. The quantitative estimate of drug-likeness (QED) is 0.150. The van der Waals surface area contributed by atoms with Crippen LogP contribution in [0.5, 0.6) is 5.75 Å². The van der Waals surface area contributed by atoms with Crippen LogP contribution in [0, 0.1) is 5.92 Å². The molecule has 4 aromatic carbocycles. The lowest BCUT2D eigenvalue weighted by atomic mass is 9.82. The van der Waals surface area contributed by atoms with E-state index in [4.69, 9.17) is 14.6 Å². The number of carbonyl (C=O) groups is 2. The van der Waals surface area contributed by atoms with Crippen LogP contribution in [0.2, 0.25) is 18.6 Å². The molecule has 1 spiro atoms. The lowest BCUT2D eigenvalue weighted by molar-refractivity contribution is -0.146. The molecule has 0 unspecified atom stereocenters. The largest absolute Gasteiger partial charge is 0.497 e. The molecule has 3 aliphatic heterocycles. The molecule has 1 N–H and O–H groups in total. The van der Waals surface area contributed by atoms with Gasteiger partial charge in [0, 0.05) is 50.1 Å². The highest BCUT2D eigenvalue weighted by Gasteiger charge is 2.66. The predicted octanol–water partition coefficient (Wildman–Crippen LogP) is 6.21. The number of ether oxygens (including phenoxy) is 2. The van der Waals surface area contributed by atoms with E-state index in [0.29, 0.717) is 44.5 Å². The van der Waals surface area contributed by atoms with Gasteiger partial charge in [-0.3, -0.25) is 14.3 Å². The Hall–Kier alpha value is -5.43. The first-order valence-electron chi connectivity index (χ1n) is 19.4. The summed E-state index contributed by atoms with van der Waals surface area (Å²) in [4.78, 5) is 30.1. The highest BCUT2D eigenvalue weighted by atomic mass is 28.3. The molecule has 5 aromatic rings. The van der Waals surface area contributed by atoms with E-state index < -0.39 is 13.7 Å². The molecule has 1 aromatic heterocycles. The first-order valence-corrected chi connectivity index (χ1v) is 22.5. The average Bonchev–Trinajstić information content (AvgIpc) is 3.87. The molecular weight excluding hydrogens is 721 g/mol. The number of hydrogen-bond donors (Lipinski definition) is 1. The molecule has 1 fully saturated rings. The Kier molecular flexibility index (Phi) is 10.2. The van der Waals surface area contributed by atoms with Crippen LogP contribution in [0.4, 0.5) is 11.4 Å². The summed E-state index contributed by atoms with van der Waals surface area (Å²) in [6, 6.07) is 34.2. The van der Waals surface area contributed by atoms with Crippen molar-refractivity contribution in [1.29, 1.82) is 0 Å². The fourth-order valence-electron chi connectivity index (χ4n) is 9.15. The molecule has 3 aliphatic rings. The number of benzene rings is 4. The smallest absolute Gasteiger partial charge is 0.264 e. The van der Waals surface area contributed by atoms with Crippen molar-refractivity contribution in [3.05, 3.63) is 132 Å². The molecule has 8 rings (SSSR count). The third-order valence-corrected chi connectivity index (χ3v) is 16.4. The van der Waals surface area contributed by atoms with Crippen LogP contribution in [0.15, 0.2) is 114 Å². The van der Waals surface area contributed by atoms with Gasteiger partial charge in [-0.2, -0.15) is 5.10 Å². The van der Waals surface area contributed by atoms with Gasteiger partial charge in [0.15, 0.2) is 5.60 Å². The van der Waals surface area contributed by atoms with Crippen LogP contribution in [0.25, 0.3) is 0 Å². The van der Waals surface area contributed by atoms with Gasteiger partial charge in [0.05, 0.1) is 50.6 Å². The van der Waals surface area contributed by atoms with Gasteiger partial charge < -0.3 is 19.5 Å². The normalized spacial score (nSPS) is 22.2. The van der Waals surface area contributed by atoms with Crippen molar-refractivity contribution < 1.29 is 24.2 Å². The van der Waals surface area contributed by atoms with Crippen molar-refractivity contribution in [3.8, 4) is 5.75 Å². The van der Waals surface area contributed by atoms with Crippen molar-refractivity contribution in [2.24, 2.45) is 11.0 Å². The zero-order valence-corrected chi connectivity index (χ0v) is 33.3. The fraction of sp³-hybridized carbons (Fsp3) is 0.341. The second kappa shape index (κ2) is 15.2. The number of carbonyl (C=O) groups excluding carboxylic acids is 2. The summed E-state index contributed by atoms with van der Waals surface area (Å²) < 4.78 is 14.6. The molecule has 0 radical (unpaired) electrons. The summed E-state index contributed by atoms with van der Waals surface area (Å²) in [5, 5.41) is 25.5. The van der Waals surface area contributed by atoms with Gasteiger partial charge in [0.25, 0.3) is 5.91 Å². The minimum absolute atomic E-state index is 0.0125. The van der Waals surface area contributed by atoms with Crippen molar-refractivity contribution in [2.75, 3.05) is 23.6 Å². The molecule has 0 bridgehead atoms.